The standard InChI is InChI=1S/C14H12ClIN2OS/c15-9-7-8(5-6-10(9)16)13(19)18-14-17-11-3-1-2-4-12(11)20-14/h5-7H,1-4H2,(H,17,18,19). The average molecular weight is 419 g/mol. The van der Waals surface area contributed by atoms with Crippen LogP contribution < -0.4 is 5.32 Å². The number of aromatic nitrogens is 1. The monoisotopic (exact) mass is 418 g/mol. The molecule has 0 unspecified atom stereocenters. The highest BCUT2D eigenvalue weighted by atomic mass is 127. The van der Waals surface area contributed by atoms with Crippen molar-refractivity contribution in [3.63, 3.8) is 0 Å². The van der Waals surface area contributed by atoms with E-state index in [0.29, 0.717) is 15.7 Å². The number of nitrogens with zero attached hydrogens (tertiary/aromatic N) is 1. The van der Waals surface area contributed by atoms with Crippen molar-refractivity contribution in [1.82, 2.24) is 4.98 Å². The molecular weight excluding hydrogens is 407 g/mol. The first-order chi connectivity index (χ1) is 9.63. The topological polar surface area (TPSA) is 42.0 Å². The lowest BCUT2D eigenvalue weighted by molar-refractivity contribution is 0.102. The molecule has 1 amide bonds. The summed E-state index contributed by atoms with van der Waals surface area (Å²) in [6.45, 7) is 0. The lowest BCUT2D eigenvalue weighted by Crippen LogP contribution is -2.11. The number of carbonyl (C=O) groups excluding carboxylic acids is 1. The van der Waals surface area contributed by atoms with Crippen LogP contribution in [0.2, 0.25) is 5.02 Å². The Labute approximate surface area is 139 Å². The highest BCUT2D eigenvalue weighted by Crippen LogP contribution is 2.30. The van der Waals surface area contributed by atoms with Crippen LogP contribution in [0.1, 0.15) is 33.8 Å². The van der Waals surface area contributed by atoms with Gasteiger partial charge in [-0.3, -0.25) is 10.1 Å². The first-order valence-electron chi connectivity index (χ1n) is 6.38. The van der Waals surface area contributed by atoms with Gasteiger partial charge in [-0.1, -0.05) is 11.6 Å². The summed E-state index contributed by atoms with van der Waals surface area (Å²) in [6.07, 6.45) is 4.52. The summed E-state index contributed by atoms with van der Waals surface area (Å²) in [5.41, 5.74) is 1.71. The second kappa shape index (κ2) is 5.99. The Morgan fingerprint density at radius 1 is 1.35 bits per heavy atom. The molecule has 0 spiro atoms. The van der Waals surface area contributed by atoms with E-state index >= 15 is 0 Å². The fourth-order valence-electron chi connectivity index (χ4n) is 2.21. The molecule has 0 saturated heterocycles. The fourth-order valence-corrected chi connectivity index (χ4v) is 3.77. The van der Waals surface area contributed by atoms with Crippen molar-refractivity contribution in [3.05, 3.63) is 42.9 Å². The number of anilines is 1. The number of carbonyl (C=O) groups is 1. The highest BCUT2D eigenvalue weighted by Gasteiger charge is 2.17. The Balaban J connectivity index is 1.78. The van der Waals surface area contributed by atoms with Crippen molar-refractivity contribution in [2.45, 2.75) is 25.7 Å². The summed E-state index contributed by atoms with van der Waals surface area (Å²) in [5.74, 6) is -0.158. The molecule has 2 aromatic rings. The number of thiazole rings is 1. The zero-order chi connectivity index (χ0) is 14.1. The number of rotatable bonds is 2. The van der Waals surface area contributed by atoms with Crippen LogP contribution >= 0.6 is 45.5 Å². The molecule has 3 nitrogen and oxygen atoms in total. The summed E-state index contributed by atoms with van der Waals surface area (Å²) in [6, 6.07) is 5.30. The highest BCUT2D eigenvalue weighted by molar-refractivity contribution is 14.1. The third-order valence-electron chi connectivity index (χ3n) is 3.25. The Bertz CT molecular complexity index is 648. The van der Waals surface area contributed by atoms with Crippen molar-refractivity contribution in [2.75, 3.05) is 5.32 Å². The predicted molar refractivity (Wildman–Crippen MR) is 90.9 cm³/mol. The third-order valence-corrected chi connectivity index (χ3v) is 5.89. The molecule has 3 rings (SSSR count). The van der Waals surface area contributed by atoms with Gasteiger partial charge in [0.25, 0.3) is 5.91 Å². The lowest BCUT2D eigenvalue weighted by atomic mass is 10.0. The minimum Gasteiger partial charge on any atom is -0.298 e. The number of benzene rings is 1. The van der Waals surface area contributed by atoms with E-state index < -0.39 is 0 Å². The lowest BCUT2D eigenvalue weighted by Gasteiger charge is -2.06. The summed E-state index contributed by atoms with van der Waals surface area (Å²) >= 11 is 9.77. The molecule has 0 bridgehead atoms. The first kappa shape index (κ1) is 14.3. The molecular formula is C14H12ClIN2OS. The molecule has 0 fully saturated rings. The summed E-state index contributed by atoms with van der Waals surface area (Å²) in [7, 11) is 0. The number of aryl methyl sites for hydroxylation is 2. The Morgan fingerprint density at radius 2 is 2.15 bits per heavy atom. The van der Waals surface area contributed by atoms with Gasteiger partial charge in [0.1, 0.15) is 0 Å². The quantitative estimate of drug-likeness (QED) is 0.728. The van der Waals surface area contributed by atoms with Crippen LogP contribution in [0.25, 0.3) is 0 Å². The van der Waals surface area contributed by atoms with Crippen LogP contribution in [0.15, 0.2) is 18.2 Å². The second-order valence-corrected chi connectivity index (χ2v) is 7.33. The third kappa shape index (κ3) is 2.99. The number of halogens is 2. The molecule has 1 aromatic carbocycles. The van der Waals surface area contributed by atoms with Crippen molar-refractivity contribution in [3.8, 4) is 0 Å². The number of hydrogen-bond acceptors (Lipinski definition) is 3. The number of fused-ring (bicyclic) bond motifs is 1. The van der Waals surface area contributed by atoms with E-state index in [1.807, 2.05) is 6.07 Å². The van der Waals surface area contributed by atoms with Crippen LogP contribution in [0, 0.1) is 3.57 Å². The minimum atomic E-state index is -0.158. The Kier molecular flexibility index (Phi) is 4.28. The zero-order valence-corrected chi connectivity index (χ0v) is 14.3. The number of nitrogens with one attached hydrogen (secondary N) is 1. The van der Waals surface area contributed by atoms with Gasteiger partial charge in [-0.05, 0) is 66.5 Å². The predicted octanol–water partition coefficient (Wildman–Crippen LogP) is 4.53. The fraction of sp³-hybridized carbons (Fsp3) is 0.286. The molecule has 1 heterocycles. The Hall–Kier alpha value is -0.660. The Morgan fingerprint density at radius 3 is 2.90 bits per heavy atom. The van der Waals surface area contributed by atoms with E-state index in [0.717, 1.165) is 22.1 Å². The maximum Gasteiger partial charge on any atom is 0.257 e. The van der Waals surface area contributed by atoms with Crippen LogP contribution in [0.3, 0.4) is 0 Å². The van der Waals surface area contributed by atoms with Crippen molar-refractivity contribution in [2.24, 2.45) is 0 Å². The van der Waals surface area contributed by atoms with E-state index in [4.69, 9.17) is 11.6 Å². The van der Waals surface area contributed by atoms with E-state index in [-0.39, 0.29) is 5.91 Å². The van der Waals surface area contributed by atoms with Crippen LogP contribution in [0.4, 0.5) is 5.13 Å². The first-order valence-corrected chi connectivity index (χ1v) is 8.66. The molecule has 0 aliphatic heterocycles. The minimum absolute atomic E-state index is 0.158. The number of amides is 1. The SMILES string of the molecule is O=C(Nc1nc2c(s1)CCCC2)c1ccc(I)c(Cl)c1. The molecule has 0 atom stereocenters. The normalized spacial score (nSPS) is 13.9. The van der Waals surface area contributed by atoms with Gasteiger partial charge < -0.3 is 0 Å². The largest absolute Gasteiger partial charge is 0.298 e. The van der Waals surface area contributed by atoms with Gasteiger partial charge in [0, 0.05) is 14.0 Å². The zero-order valence-electron chi connectivity index (χ0n) is 10.6. The van der Waals surface area contributed by atoms with Gasteiger partial charge in [-0.25, -0.2) is 4.98 Å². The molecule has 1 aliphatic carbocycles. The molecule has 1 aromatic heterocycles. The van der Waals surface area contributed by atoms with Gasteiger partial charge in [0.05, 0.1) is 10.7 Å². The second-order valence-electron chi connectivity index (χ2n) is 4.68. The molecule has 104 valence electrons. The van der Waals surface area contributed by atoms with Gasteiger partial charge in [0.2, 0.25) is 0 Å². The van der Waals surface area contributed by atoms with Gasteiger partial charge >= 0.3 is 0 Å². The maximum atomic E-state index is 12.2. The molecule has 20 heavy (non-hydrogen) atoms. The molecule has 1 aliphatic rings. The van der Waals surface area contributed by atoms with Crippen LogP contribution in [-0.4, -0.2) is 10.9 Å². The summed E-state index contributed by atoms with van der Waals surface area (Å²) in [5, 5.41) is 4.15. The van der Waals surface area contributed by atoms with E-state index in [9.17, 15) is 4.79 Å². The van der Waals surface area contributed by atoms with Crippen molar-refractivity contribution >= 4 is 56.6 Å². The van der Waals surface area contributed by atoms with E-state index in [2.05, 4.69) is 32.9 Å². The van der Waals surface area contributed by atoms with Gasteiger partial charge in [0.15, 0.2) is 5.13 Å². The molecule has 0 radical (unpaired) electrons. The molecule has 6 heteroatoms. The average Bonchev–Trinajstić information content (AvgIpc) is 2.83. The molecule has 1 N–H and O–H groups in total. The summed E-state index contributed by atoms with van der Waals surface area (Å²) in [4.78, 5) is 18.0. The van der Waals surface area contributed by atoms with Gasteiger partial charge in [-0.2, -0.15) is 0 Å². The van der Waals surface area contributed by atoms with Crippen LogP contribution in [-0.2, 0) is 12.8 Å². The molecule has 0 saturated carbocycles. The maximum absolute atomic E-state index is 12.2. The number of hydrogen-bond donors (Lipinski definition) is 1. The van der Waals surface area contributed by atoms with E-state index in [1.54, 1.807) is 23.5 Å². The smallest absolute Gasteiger partial charge is 0.257 e. The van der Waals surface area contributed by atoms with Gasteiger partial charge in [-0.15, -0.1) is 11.3 Å². The summed E-state index contributed by atoms with van der Waals surface area (Å²) < 4.78 is 0.936. The van der Waals surface area contributed by atoms with Crippen molar-refractivity contribution in [1.29, 1.82) is 0 Å². The van der Waals surface area contributed by atoms with Crippen molar-refractivity contribution < 1.29 is 4.79 Å². The van der Waals surface area contributed by atoms with Crippen LogP contribution in [0.5, 0.6) is 0 Å². The van der Waals surface area contributed by atoms with E-state index in [1.165, 1.54) is 17.7 Å².